The van der Waals surface area contributed by atoms with Gasteiger partial charge in [0.1, 0.15) is 11.6 Å². The van der Waals surface area contributed by atoms with E-state index < -0.39 is 0 Å². The van der Waals surface area contributed by atoms with E-state index in [4.69, 9.17) is 4.98 Å². The molecule has 136 valence electrons. The van der Waals surface area contributed by atoms with Crippen molar-refractivity contribution >= 4 is 11.0 Å². The Morgan fingerprint density at radius 2 is 1.81 bits per heavy atom. The average Bonchev–Trinajstić information content (AvgIpc) is 3.01. The second-order valence-electron chi connectivity index (χ2n) is 7.44. The number of para-hydroxylation sites is 2. The Labute approximate surface area is 154 Å². The third kappa shape index (κ3) is 3.47. The normalized spacial score (nSPS) is 16.8. The molecule has 0 spiro atoms. The van der Waals surface area contributed by atoms with Crippen LogP contribution in [0.25, 0.3) is 11.0 Å². The number of imidazole rings is 1. The molecule has 0 radical (unpaired) electrons. The summed E-state index contributed by atoms with van der Waals surface area (Å²) in [6, 6.07) is 16.1. The SMILES string of the molecule is Cn1c(C(NCc2ccc(O)cc2)C2CCCCC2)nc2ccccc21. The zero-order chi connectivity index (χ0) is 17.9. The molecule has 1 aliphatic carbocycles. The first kappa shape index (κ1) is 17.1. The maximum absolute atomic E-state index is 9.50. The van der Waals surface area contributed by atoms with Crippen LogP contribution in [0.1, 0.15) is 49.5 Å². The Morgan fingerprint density at radius 3 is 2.54 bits per heavy atom. The molecule has 1 aromatic heterocycles. The number of aromatic nitrogens is 2. The van der Waals surface area contributed by atoms with Crippen molar-refractivity contribution in [1.29, 1.82) is 0 Å². The van der Waals surface area contributed by atoms with Gasteiger partial charge in [-0.25, -0.2) is 4.98 Å². The van der Waals surface area contributed by atoms with E-state index >= 15 is 0 Å². The number of hydrogen-bond acceptors (Lipinski definition) is 3. The number of nitrogens with one attached hydrogen (secondary N) is 1. The van der Waals surface area contributed by atoms with Crippen LogP contribution in [0.4, 0.5) is 0 Å². The molecule has 4 rings (SSSR count). The molecule has 1 aliphatic rings. The Morgan fingerprint density at radius 1 is 1.08 bits per heavy atom. The number of aryl methyl sites for hydroxylation is 1. The van der Waals surface area contributed by atoms with E-state index in [1.54, 1.807) is 12.1 Å². The minimum absolute atomic E-state index is 0.251. The van der Waals surface area contributed by atoms with Crippen molar-refractivity contribution in [2.75, 3.05) is 0 Å². The second-order valence-corrected chi connectivity index (χ2v) is 7.44. The van der Waals surface area contributed by atoms with E-state index in [2.05, 4.69) is 41.2 Å². The fourth-order valence-corrected chi connectivity index (χ4v) is 4.22. The molecular formula is C22H27N3O. The van der Waals surface area contributed by atoms with E-state index in [1.807, 2.05) is 12.1 Å². The summed E-state index contributed by atoms with van der Waals surface area (Å²) in [5, 5.41) is 13.3. The van der Waals surface area contributed by atoms with E-state index in [0.29, 0.717) is 11.7 Å². The third-order valence-electron chi connectivity index (χ3n) is 5.68. The van der Waals surface area contributed by atoms with Gasteiger partial charge in [-0.05, 0) is 48.6 Å². The summed E-state index contributed by atoms with van der Waals surface area (Å²) in [6.45, 7) is 0.782. The Kier molecular flexibility index (Phi) is 4.93. The van der Waals surface area contributed by atoms with E-state index in [9.17, 15) is 5.11 Å². The maximum Gasteiger partial charge on any atom is 0.127 e. The summed E-state index contributed by atoms with van der Waals surface area (Å²) < 4.78 is 2.25. The van der Waals surface area contributed by atoms with Gasteiger partial charge in [-0.15, -0.1) is 0 Å². The maximum atomic E-state index is 9.50. The van der Waals surface area contributed by atoms with Crippen LogP contribution in [0, 0.1) is 5.92 Å². The molecule has 4 heteroatoms. The van der Waals surface area contributed by atoms with E-state index in [1.165, 1.54) is 43.2 Å². The van der Waals surface area contributed by atoms with Crippen LogP contribution in [0.2, 0.25) is 0 Å². The fraction of sp³-hybridized carbons (Fsp3) is 0.409. The molecule has 1 unspecified atom stereocenters. The Bertz CT molecular complexity index is 863. The highest BCUT2D eigenvalue weighted by molar-refractivity contribution is 5.75. The average molecular weight is 349 g/mol. The van der Waals surface area contributed by atoms with Crippen molar-refractivity contribution < 1.29 is 5.11 Å². The molecule has 26 heavy (non-hydrogen) atoms. The van der Waals surface area contributed by atoms with Gasteiger partial charge in [0, 0.05) is 13.6 Å². The van der Waals surface area contributed by atoms with Crippen LogP contribution in [0.5, 0.6) is 5.75 Å². The van der Waals surface area contributed by atoms with Crippen molar-refractivity contribution in [2.45, 2.75) is 44.7 Å². The summed E-state index contributed by atoms with van der Waals surface area (Å²) in [7, 11) is 2.13. The van der Waals surface area contributed by atoms with Gasteiger partial charge in [-0.2, -0.15) is 0 Å². The third-order valence-corrected chi connectivity index (χ3v) is 5.68. The molecule has 0 bridgehead atoms. The van der Waals surface area contributed by atoms with E-state index in [0.717, 1.165) is 17.9 Å². The Hall–Kier alpha value is -2.33. The molecule has 2 aromatic carbocycles. The predicted molar refractivity (Wildman–Crippen MR) is 105 cm³/mol. The smallest absolute Gasteiger partial charge is 0.127 e. The standard InChI is InChI=1S/C22H27N3O/c1-25-20-10-6-5-9-19(20)24-22(25)21(17-7-3-2-4-8-17)23-15-16-11-13-18(26)14-12-16/h5-6,9-14,17,21,23,26H,2-4,7-8,15H2,1H3. The summed E-state index contributed by atoms with van der Waals surface area (Å²) >= 11 is 0. The topological polar surface area (TPSA) is 50.1 Å². The van der Waals surface area contributed by atoms with Gasteiger partial charge in [0.2, 0.25) is 0 Å². The summed E-state index contributed by atoms with van der Waals surface area (Å²) in [5.74, 6) is 2.07. The molecule has 1 saturated carbocycles. The number of aromatic hydroxyl groups is 1. The number of nitrogens with zero attached hydrogens (tertiary/aromatic N) is 2. The summed E-state index contributed by atoms with van der Waals surface area (Å²) in [6.07, 6.45) is 6.49. The highest BCUT2D eigenvalue weighted by atomic mass is 16.3. The van der Waals surface area contributed by atoms with Crippen LogP contribution in [-0.4, -0.2) is 14.7 Å². The lowest BCUT2D eigenvalue weighted by atomic mass is 9.83. The first-order valence-electron chi connectivity index (χ1n) is 9.65. The number of benzene rings is 2. The molecule has 1 fully saturated rings. The monoisotopic (exact) mass is 349 g/mol. The van der Waals surface area contributed by atoms with Crippen LogP contribution >= 0.6 is 0 Å². The quantitative estimate of drug-likeness (QED) is 0.702. The molecule has 0 aliphatic heterocycles. The molecule has 3 aromatic rings. The van der Waals surface area contributed by atoms with Crippen LogP contribution in [-0.2, 0) is 13.6 Å². The number of fused-ring (bicyclic) bond motifs is 1. The zero-order valence-corrected chi connectivity index (χ0v) is 15.4. The summed E-state index contributed by atoms with van der Waals surface area (Å²) in [5.41, 5.74) is 3.44. The Balaban J connectivity index is 1.63. The number of phenolic OH excluding ortho intramolecular Hbond substituents is 1. The van der Waals surface area contributed by atoms with Gasteiger partial charge in [-0.1, -0.05) is 43.5 Å². The highest BCUT2D eigenvalue weighted by Gasteiger charge is 2.28. The second kappa shape index (κ2) is 7.50. The molecule has 0 saturated heterocycles. The van der Waals surface area contributed by atoms with Crippen LogP contribution in [0.15, 0.2) is 48.5 Å². The van der Waals surface area contributed by atoms with Gasteiger partial charge in [-0.3, -0.25) is 0 Å². The minimum Gasteiger partial charge on any atom is -0.508 e. The number of hydrogen-bond donors (Lipinski definition) is 2. The van der Waals surface area contributed by atoms with Crippen molar-refractivity contribution in [3.05, 3.63) is 59.9 Å². The van der Waals surface area contributed by atoms with Crippen LogP contribution < -0.4 is 5.32 Å². The predicted octanol–water partition coefficient (Wildman–Crippen LogP) is 4.69. The van der Waals surface area contributed by atoms with Crippen molar-refractivity contribution in [3.8, 4) is 5.75 Å². The van der Waals surface area contributed by atoms with Gasteiger partial charge in [0.05, 0.1) is 17.1 Å². The van der Waals surface area contributed by atoms with Gasteiger partial charge in [0.15, 0.2) is 0 Å². The fourth-order valence-electron chi connectivity index (χ4n) is 4.22. The summed E-state index contributed by atoms with van der Waals surface area (Å²) in [4.78, 5) is 4.97. The molecule has 1 atom stereocenters. The lowest BCUT2D eigenvalue weighted by Crippen LogP contribution is -2.31. The van der Waals surface area contributed by atoms with E-state index in [-0.39, 0.29) is 6.04 Å². The van der Waals surface area contributed by atoms with Crippen LogP contribution in [0.3, 0.4) is 0 Å². The van der Waals surface area contributed by atoms with Gasteiger partial charge in [0.25, 0.3) is 0 Å². The molecule has 4 nitrogen and oxygen atoms in total. The molecule has 0 amide bonds. The lowest BCUT2D eigenvalue weighted by Gasteiger charge is -2.31. The lowest BCUT2D eigenvalue weighted by molar-refractivity contribution is 0.259. The first-order chi connectivity index (χ1) is 12.7. The first-order valence-corrected chi connectivity index (χ1v) is 9.65. The highest BCUT2D eigenvalue weighted by Crippen LogP contribution is 2.35. The van der Waals surface area contributed by atoms with Gasteiger partial charge < -0.3 is 15.0 Å². The number of phenols is 1. The van der Waals surface area contributed by atoms with Crippen molar-refractivity contribution in [3.63, 3.8) is 0 Å². The number of rotatable bonds is 5. The van der Waals surface area contributed by atoms with Crippen molar-refractivity contribution in [2.24, 2.45) is 13.0 Å². The van der Waals surface area contributed by atoms with Crippen molar-refractivity contribution in [1.82, 2.24) is 14.9 Å². The molecule has 1 heterocycles. The molecule has 2 N–H and O–H groups in total. The minimum atomic E-state index is 0.251. The largest absolute Gasteiger partial charge is 0.508 e. The zero-order valence-electron chi connectivity index (χ0n) is 15.4. The molecular weight excluding hydrogens is 322 g/mol. The van der Waals surface area contributed by atoms with Gasteiger partial charge >= 0.3 is 0 Å².